The van der Waals surface area contributed by atoms with Gasteiger partial charge in [-0.05, 0) is 98.4 Å². The zero-order valence-electron chi connectivity index (χ0n) is 23.2. The molecule has 0 saturated carbocycles. The summed E-state index contributed by atoms with van der Waals surface area (Å²) in [5.74, 6) is -1.36. The van der Waals surface area contributed by atoms with Gasteiger partial charge in [0.05, 0.1) is 34.1 Å². The Bertz CT molecular complexity index is 1550. The Kier molecular flexibility index (Phi) is 8.10. The molecule has 0 aliphatic heterocycles. The lowest BCUT2D eigenvalue weighted by Gasteiger charge is -2.32. The van der Waals surface area contributed by atoms with Gasteiger partial charge in [-0.1, -0.05) is 6.07 Å². The van der Waals surface area contributed by atoms with Gasteiger partial charge in [0.25, 0.3) is 0 Å². The molecule has 0 radical (unpaired) electrons. The van der Waals surface area contributed by atoms with E-state index in [-0.39, 0.29) is 17.5 Å². The highest BCUT2D eigenvalue weighted by Gasteiger charge is 2.41. The molecule has 0 fully saturated rings. The number of amides is 1. The predicted molar refractivity (Wildman–Crippen MR) is 144 cm³/mol. The Morgan fingerprint density at radius 1 is 0.857 bits per heavy atom. The zero-order chi connectivity index (χ0) is 31.2. The number of rotatable bonds is 5. The summed E-state index contributed by atoms with van der Waals surface area (Å²) in [6.45, 7) is 4.13. The van der Waals surface area contributed by atoms with Gasteiger partial charge in [-0.3, -0.25) is 14.6 Å². The van der Waals surface area contributed by atoms with Crippen molar-refractivity contribution in [2.45, 2.75) is 57.8 Å². The maximum Gasteiger partial charge on any atom is 0.416 e. The molecule has 4 nitrogen and oxygen atoms in total. The molecule has 2 aromatic carbocycles. The van der Waals surface area contributed by atoms with Gasteiger partial charge < -0.3 is 4.90 Å². The van der Waals surface area contributed by atoms with Crippen molar-refractivity contribution in [3.05, 3.63) is 88.5 Å². The topological polar surface area (TPSA) is 50.3 Å². The number of likely N-dealkylation sites (N-methyl/N-ethyl adjacent to an activating group) is 1. The minimum Gasteiger partial charge on any atom is -0.313 e. The highest BCUT2D eigenvalue weighted by molar-refractivity contribution is 6.04. The number of pyridine rings is 1. The van der Waals surface area contributed by atoms with E-state index in [1.807, 2.05) is 0 Å². The van der Waals surface area contributed by atoms with Gasteiger partial charge in [-0.15, -0.1) is 0 Å². The van der Waals surface area contributed by atoms with Gasteiger partial charge in [-0.25, -0.2) is 4.39 Å². The number of hydrogen-bond donors (Lipinski definition) is 0. The Morgan fingerprint density at radius 3 is 2.00 bits per heavy atom. The molecule has 0 unspecified atom stereocenters. The second-order valence-corrected chi connectivity index (χ2v) is 10.8. The van der Waals surface area contributed by atoms with E-state index in [4.69, 9.17) is 0 Å². The third-order valence-electron chi connectivity index (χ3n) is 7.41. The highest BCUT2D eigenvalue weighted by Crippen LogP contribution is 2.41. The molecule has 42 heavy (non-hydrogen) atoms. The summed E-state index contributed by atoms with van der Waals surface area (Å²) in [6, 6.07) is 6.75. The quantitative estimate of drug-likeness (QED) is 0.280. The van der Waals surface area contributed by atoms with E-state index in [1.165, 1.54) is 51.4 Å². The summed E-state index contributed by atoms with van der Waals surface area (Å²) in [4.78, 5) is 31.4. The number of halogens is 7. The minimum atomic E-state index is -5.08. The molecule has 1 heterocycles. The van der Waals surface area contributed by atoms with Crippen molar-refractivity contribution in [3.63, 3.8) is 0 Å². The van der Waals surface area contributed by atoms with Crippen LogP contribution in [-0.2, 0) is 27.4 Å². The number of aromatic nitrogens is 1. The molecule has 11 heteroatoms. The van der Waals surface area contributed by atoms with Gasteiger partial charge >= 0.3 is 12.4 Å². The van der Waals surface area contributed by atoms with Crippen molar-refractivity contribution >= 4 is 23.0 Å². The Balaban J connectivity index is 1.85. The van der Waals surface area contributed by atoms with E-state index in [9.17, 15) is 40.3 Å². The Hall–Kier alpha value is -4.02. The normalized spacial score (nSPS) is 14.5. The van der Waals surface area contributed by atoms with Crippen LogP contribution in [-0.4, -0.2) is 23.7 Å². The van der Waals surface area contributed by atoms with Crippen LogP contribution in [0.1, 0.15) is 61.1 Å². The van der Waals surface area contributed by atoms with Crippen LogP contribution in [0, 0.1) is 12.7 Å². The number of allylic oxidation sites excluding steroid dienone is 2. The molecule has 1 aromatic heterocycles. The number of nitrogens with zero attached hydrogens (tertiary/aromatic N) is 2. The third-order valence-corrected chi connectivity index (χ3v) is 7.41. The summed E-state index contributed by atoms with van der Waals surface area (Å²) in [5, 5.41) is 0. The molecule has 0 saturated heterocycles. The number of hydrogen-bond acceptors (Lipinski definition) is 3. The molecule has 3 aromatic rings. The molecule has 0 N–H and O–H groups in total. The van der Waals surface area contributed by atoms with Crippen molar-refractivity contribution in [2.75, 3.05) is 11.9 Å². The summed E-state index contributed by atoms with van der Waals surface area (Å²) in [7, 11) is 1.34. The minimum absolute atomic E-state index is 0.0104. The lowest BCUT2D eigenvalue weighted by molar-refractivity contribution is -0.143. The van der Waals surface area contributed by atoms with Crippen molar-refractivity contribution in [2.24, 2.45) is 0 Å². The van der Waals surface area contributed by atoms with E-state index in [1.54, 1.807) is 13.0 Å². The van der Waals surface area contributed by atoms with Crippen molar-refractivity contribution < 1.29 is 40.3 Å². The predicted octanol–water partition coefficient (Wildman–Crippen LogP) is 8.31. The first-order chi connectivity index (χ1) is 19.4. The zero-order valence-corrected chi connectivity index (χ0v) is 23.2. The van der Waals surface area contributed by atoms with E-state index in [2.05, 4.69) is 4.98 Å². The molecule has 1 aliphatic rings. The van der Waals surface area contributed by atoms with Crippen LogP contribution in [0.2, 0.25) is 0 Å². The lowest BCUT2D eigenvalue weighted by Crippen LogP contribution is -2.42. The van der Waals surface area contributed by atoms with Crippen molar-refractivity contribution in [1.82, 2.24) is 4.98 Å². The average Bonchev–Trinajstić information content (AvgIpc) is 2.90. The second-order valence-electron chi connectivity index (χ2n) is 10.8. The fraction of sp³-hybridized carbons (Fsp3) is 0.323. The first-order valence-electron chi connectivity index (χ1n) is 13.0. The molecular weight excluding hydrogens is 565 g/mol. The van der Waals surface area contributed by atoms with E-state index >= 15 is 0 Å². The van der Waals surface area contributed by atoms with Gasteiger partial charge in [0.2, 0.25) is 5.91 Å². The van der Waals surface area contributed by atoms with Crippen LogP contribution >= 0.6 is 0 Å². The number of aryl methyl sites for hydroxylation is 1. The van der Waals surface area contributed by atoms with Crippen LogP contribution in [0.4, 0.5) is 36.4 Å². The number of benzene rings is 2. The number of carbonyl (C=O) groups excluding carboxylic acids is 2. The summed E-state index contributed by atoms with van der Waals surface area (Å²) in [5.41, 5.74) is -2.60. The van der Waals surface area contributed by atoms with Crippen LogP contribution in [0.3, 0.4) is 0 Å². The number of anilines is 1. The summed E-state index contributed by atoms with van der Waals surface area (Å²) < 4.78 is 95.2. The van der Waals surface area contributed by atoms with E-state index in [0.717, 1.165) is 4.90 Å². The second kappa shape index (κ2) is 11.0. The molecule has 4 rings (SSSR count). The van der Waals surface area contributed by atoms with E-state index < -0.39 is 46.2 Å². The monoisotopic (exact) mass is 592 g/mol. The number of alkyl halides is 6. The van der Waals surface area contributed by atoms with Crippen molar-refractivity contribution in [1.29, 1.82) is 0 Å². The average molecular weight is 593 g/mol. The Labute approximate surface area is 237 Å². The largest absolute Gasteiger partial charge is 0.416 e. The highest BCUT2D eigenvalue weighted by atomic mass is 19.4. The van der Waals surface area contributed by atoms with Crippen LogP contribution in [0.25, 0.3) is 16.7 Å². The first-order valence-corrected chi connectivity index (χ1v) is 13.0. The molecule has 0 bridgehead atoms. The van der Waals surface area contributed by atoms with Crippen LogP contribution in [0.5, 0.6) is 0 Å². The van der Waals surface area contributed by atoms with E-state index in [0.29, 0.717) is 59.4 Å². The fourth-order valence-corrected chi connectivity index (χ4v) is 5.00. The lowest BCUT2D eigenvalue weighted by atomic mass is 9.81. The number of carbonyl (C=O) groups is 2. The Morgan fingerprint density at radius 2 is 1.45 bits per heavy atom. The summed E-state index contributed by atoms with van der Waals surface area (Å²) in [6.07, 6.45) is -5.69. The number of ketones is 1. The van der Waals surface area contributed by atoms with Crippen LogP contribution in [0.15, 0.2) is 54.7 Å². The SMILES string of the molecule is Cc1cc(F)ccc1-c1cc(C2=CC(=O)CCC2)ncc1N(C)C(=O)C(C)(C)c1cc(C(F)(F)F)cc(C(F)(F)F)c1. The van der Waals surface area contributed by atoms with Gasteiger partial charge in [-0.2, -0.15) is 26.3 Å². The maximum absolute atomic E-state index is 14.0. The standard InChI is InChI=1S/C31H27F7N2O2/c1-17-10-22(32)8-9-24(17)25-15-26(18-6-5-7-23(41)11-18)39-16-27(25)40(4)28(42)29(2,3)19-12-20(30(33,34)35)14-21(13-19)31(36,37)38/h8-16H,5-7H2,1-4H3. The van der Waals surface area contributed by atoms with Crippen LogP contribution < -0.4 is 4.90 Å². The van der Waals surface area contributed by atoms with Gasteiger partial charge in [0.1, 0.15) is 5.82 Å². The fourth-order valence-electron chi connectivity index (χ4n) is 5.00. The molecule has 222 valence electrons. The molecule has 1 amide bonds. The van der Waals surface area contributed by atoms with Crippen molar-refractivity contribution in [3.8, 4) is 11.1 Å². The molecule has 1 aliphatic carbocycles. The first kappa shape index (κ1) is 30.9. The maximum atomic E-state index is 14.0. The van der Waals surface area contributed by atoms with Gasteiger partial charge in [0.15, 0.2) is 5.78 Å². The smallest absolute Gasteiger partial charge is 0.313 e. The molecule has 0 atom stereocenters. The third kappa shape index (κ3) is 6.24. The molecular formula is C31H27F7N2O2. The summed E-state index contributed by atoms with van der Waals surface area (Å²) >= 11 is 0. The van der Waals surface area contributed by atoms with Gasteiger partial charge in [0, 0.05) is 19.0 Å². The molecule has 0 spiro atoms.